The van der Waals surface area contributed by atoms with Crippen molar-refractivity contribution in [2.75, 3.05) is 34.9 Å². The number of nitrogens with one attached hydrogen (secondary N) is 2. The molecule has 0 radical (unpaired) electrons. The second-order valence-electron chi connectivity index (χ2n) is 6.04. The van der Waals surface area contributed by atoms with Gasteiger partial charge in [-0.1, -0.05) is 30.3 Å². The fraction of sp³-hybridized carbons (Fsp3) is 0.381. The van der Waals surface area contributed by atoms with E-state index in [0.29, 0.717) is 13.2 Å². The number of nitrogens with zero attached hydrogens (tertiary/aromatic N) is 1. The van der Waals surface area contributed by atoms with E-state index in [1.165, 1.54) is 16.7 Å². The van der Waals surface area contributed by atoms with Gasteiger partial charge < -0.3 is 24.8 Å². The molecule has 0 fully saturated rings. The lowest BCUT2D eigenvalue weighted by atomic mass is 10.1. The van der Waals surface area contributed by atoms with Crippen LogP contribution in [-0.2, 0) is 24.3 Å². The van der Waals surface area contributed by atoms with E-state index in [4.69, 9.17) is 14.2 Å². The van der Waals surface area contributed by atoms with E-state index < -0.39 is 0 Å². The molecule has 2 rings (SSSR count). The molecule has 0 aliphatic rings. The van der Waals surface area contributed by atoms with Crippen LogP contribution in [0.2, 0.25) is 0 Å². The SMILES string of the molecule is CN=C(NCCc1ccc(OC)c(OC)c1)NCc1ccc(COC)cc1.I. The normalized spacial score (nSPS) is 10.8. The standard InChI is InChI=1S/C21H29N3O3.HI/c1-22-21(24-14-17-5-7-18(8-6-17)15-25-2)23-12-11-16-9-10-19(26-3)20(13-16)27-4;/h5-10,13H,11-12,14-15H2,1-4H3,(H2,22,23,24);1H. The fourth-order valence-electron chi connectivity index (χ4n) is 2.69. The van der Waals surface area contributed by atoms with Crippen LogP contribution in [0.4, 0.5) is 0 Å². The average Bonchev–Trinajstić information content (AvgIpc) is 2.71. The minimum atomic E-state index is 0. The van der Waals surface area contributed by atoms with Gasteiger partial charge in [-0.2, -0.15) is 0 Å². The number of guanidine groups is 1. The molecule has 0 saturated heterocycles. The Balaban J connectivity index is 0.00000392. The zero-order chi connectivity index (χ0) is 19.5. The van der Waals surface area contributed by atoms with E-state index in [-0.39, 0.29) is 24.0 Å². The minimum absolute atomic E-state index is 0. The van der Waals surface area contributed by atoms with Crippen molar-refractivity contribution in [2.24, 2.45) is 4.99 Å². The lowest BCUT2D eigenvalue weighted by molar-refractivity contribution is 0.185. The molecule has 2 aromatic carbocycles. The molecule has 0 atom stereocenters. The van der Waals surface area contributed by atoms with Crippen molar-refractivity contribution in [3.8, 4) is 11.5 Å². The van der Waals surface area contributed by atoms with Crippen molar-refractivity contribution >= 4 is 29.9 Å². The van der Waals surface area contributed by atoms with Gasteiger partial charge in [0.05, 0.1) is 20.8 Å². The van der Waals surface area contributed by atoms with Gasteiger partial charge in [0.2, 0.25) is 0 Å². The van der Waals surface area contributed by atoms with Crippen LogP contribution in [-0.4, -0.2) is 40.9 Å². The lowest BCUT2D eigenvalue weighted by Gasteiger charge is -2.13. The summed E-state index contributed by atoms with van der Waals surface area (Å²) < 4.78 is 15.7. The molecule has 6 nitrogen and oxygen atoms in total. The zero-order valence-corrected chi connectivity index (χ0v) is 19.3. The van der Waals surface area contributed by atoms with Crippen molar-refractivity contribution < 1.29 is 14.2 Å². The molecule has 0 unspecified atom stereocenters. The Kier molecular flexibility index (Phi) is 11.4. The van der Waals surface area contributed by atoms with E-state index in [9.17, 15) is 0 Å². The molecule has 154 valence electrons. The number of rotatable bonds is 9. The minimum Gasteiger partial charge on any atom is -0.493 e. The van der Waals surface area contributed by atoms with E-state index in [2.05, 4.69) is 39.9 Å². The molecule has 0 aliphatic heterocycles. The number of ether oxygens (including phenoxy) is 3. The van der Waals surface area contributed by atoms with Crippen molar-refractivity contribution in [1.29, 1.82) is 0 Å². The number of hydrogen-bond acceptors (Lipinski definition) is 4. The molecular weight excluding hydrogens is 469 g/mol. The summed E-state index contributed by atoms with van der Waals surface area (Å²) in [5, 5.41) is 6.66. The first-order valence-corrected chi connectivity index (χ1v) is 8.92. The molecule has 0 aromatic heterocycles. The third kappa shape index (κ3) is 7.55. The first kappa shape index (κ1) is 24.0. The molecule has 7 heteroatoms. The van der Waals surface area contributed by atoms with Crippen LogP contribution in [0.15, 0.2) is 47.5 Å². The predicted octanol–water partition coefficient (Wildman–Crippen LogP) is 3.38. The molecule has 28 heavy (non-hydrogen) atoms. The number of hydrogen-bond donors (Lipinski definition) is 2. The Morgan fingerprint density at radius 1 is 0.857 bits per heavy atom. The zero-order valence-electron chi connectivity index (χ0n) is 17.0. The second-order valence-corrected chi connectivity index (χ2v) is 6.04. The first-order chi connectivity index (χ1) is 13.2. The van der Waals surface area contributed by atoms with Crippen LogP contribution in [0.5, 0.6) is 11.5 Å². The van der Waals surface area contributed by atoms with Gasteiger partial charge in [0, 0.05) is 27.2 Å². The molecule has 0 amide bonds. The number of methoxy groups -OCH3 is 3. The summed E-state index contributed by atoms with van der Waals surface area (Å²) in [5.74, 6) is 2.26. The van der Waals surface area contributed by atoms with Crippen molar-refractivity contribution in [2.45, 2.75) is 19.6 Å². The maximum Gasteiger partial charge on any atom is 0.191 e. The van der Waals surface area contributed by atoms with E-state index >= 15 is 0 Å². The third-order valence-electron chi connectivity index (χ3n) is 4.17. The highest BCUT2D eigenvalue weighted by Crippen LogP contribution is 2.27. The Bertz CT molecular complexity index is 736. The maximum atomic E-state index is 5.35. The van der Waals surface area contributed by atoms with Gasteiger partial charge in [0.25, 0.3) is 0 Å². The summed E-state index contributed by atoms with van der Waals surface area (Å²) in [5.41, 5.74) is 3.53. The maximum absolute atomic E-state index is 5.35. The van der Waals surface area contributed by atoms with E-state index in [0.717, 1.165) is 30.4 Å². The first-order valence-electron chi connectivity index (χ1n) is 8.92. The lowest BCUT2D eigenvalue weighted by Crippen LogP contribution is -2.37. The number of halogens is 1. The van der Waals surface area contributed by atoms with Gasteiger partial charge >= 0.3 is 0 Å². The molecular formula is C21H30IN3O3. The van der Waals surface area contributed by atoms with Gasteiger partial charge in [0.1, 0.15) is 0 Å². The van der Waals surface area contributed by atoms with Crippen molar-refractivity contribution in [3.63, 3.8) is 0 Å². The Hall–Kier alpha value is -2.00. The predicted molar refractivity (Wildman–Crippen MR) is 124 cm³/mol. The van der Waals surface area contributed by atoms with Crippen LogP contribution >= 0.6 is 24.0 Å². The number of benzene rings is 2. The Morgan fingerprint density at radius 2 is 1.50 bits per heavy atom. The fourth-order valence-corrected chi connectivity index (χ4v) is 2.69. The molecule has 2 aromatic rings. The summed E-state index contributed by atoms with van der Waals surface area (Å²) in [6.45, 7) is 2.11. The monoisotopic (exact) mass is 499 g/mol. The summed E-state index contributed by atoms with van der Waals surface area (Å²) >= 11 is 0. The summed E-state index contributed by atoms with van der Waals surface area (Å²) in [4.78, 5) is 4.27. The largest absolute Gasteiger partial charge is 0.493 e. The van der Waals surface area contributed by atoms with Crippen molar-refractivity contribution in [3.05, 3.63) is 59.2 Å². The smallest absolute Gasteiger partial charge is 0.191 e. The highest BCUT2D eigenvalue weighted by Gasteiger charge is 2.05. The van der Waals surface area contributed by atoms with Crippen LogP contribution in [0.3, 0.4) is 0 Å². The highest BCUT2D eigenvalue weighted by molar-refractivity contribution is 14.0. The highest BCUT2D eigenvalue weighted by atomic mass is 127. The van der Waals surface area contributed by atoms with E-state index in [1.807, 2.05) is 18.2 Å². The topological polar surface area (TPSA) is 64.1 Å². The van der Waals surface area contributed by atoms with Crippen LogP contribution < -0.4 is 20.1 Å². The quantitative estimate of drug-likeness (QED) is 0.315. The number of aliphatic imine (C=N–C) groups is 1. The third-order valence-corrected chi connectivity index (χ3v) is 4.17. The summed E-state index contributed by atoms with van der Waals surface area (Å²) in [6.07, 6.45) is 0.854. The van der Waals surface area contributed by atoms with Crippen LogP contribution in [0, 0.1) is 0 Å². The van der Waals surface area contributed by atoms with Crippen LogP contribution in [0.25, 0.3) is 0 Å². The van der Waals surface area contributed by atoms with Gasteiger partial charge in [0.15, 0.2) is 17.5 Å². The van der Waals surface area contributed by atoms with Gasteiger partial charge in [-0.25, -0.2) is 0 Å². The van der Waals surface area contributed by atoms with Crippen LogP contribution in [0.1, 0.15) is 16.7 Å². The van der Waals surface area contributed by atoms with Gasteiger partial charge in [-0.3, -0.25) is 4.99 Å². The van der Waals surface area contributed by atoms with E-state index in [1.54, 1.807) is 28.4 Å². The molecule has 0 heterocycles. The Morgan fingerprint density at radius 3 is 2.11 bits per heavy atom. The summed E-state index contributed by atoms with van der Waals surface area (Å²) in [7, 11) is 6.76. The second kappa shape index (κ2) is 13.2. The molecule has 0 spiro atoms. The van der Waals surface area contributed by atoms with Crippen molar-refractivity contribution in [1.82, 2.24) is 10.6 Å². The average molecular weight is 499 g/mol. The summed E-state index contributed by atoms with van der Waals surface area (Å²) in [6, 6.07) is 14.3. The van der Waals surface area contributed by atoms with Gasteiger partial charge in [-0.05, 0) is 35.2 Å². The molecule has 0 aliphatic carbocycles. The molecule has 2 N–H and O–H groups in total. The molecule has 0 saturated carbocycles. The molecule has 0 bridgehead atoms. The van der Waals surface area contributed by atoms with Gasteiger partial charge in [-0.15, -0.1) is 24.0 Å². The Labute approximate surface area is 184 Å².